The van der Waals surface area contributed by atoms with Crippen LogP contribution < -0.4 is 5.32 Å². The third kappa shape index (κ3) is 10.9. The highest BCUT2D eigenvalue weighted by Crippen LogP contribution is 2.65. The number of fused-ring (bicyclic) bond motifs is 5. The topological polar surface area (TPSA) is 280 Å². The van der Waals surface area contributed by atoms with Crippen LogP contribution >= 0.6 is 34.8 Å². The molecule has 3 fully saturated rings. The molecule has 3 N–H and O–H groups in total. The maximum atomic E-state index is 16.2. The van der Waals surface area contributed by atoms with Crippen molar-refractivity contribution in [3.63, 3.8) is 0 Å². The molecular weight excluding hydrogens is 1050 g/mol. The molecule has 400 valence electrons. The number of amides is 1. The quantitative estimate of drug-likeness (QED) is 0.0590. The highest BCUT2D eigenvalue weighted by molar-refractivity contribution is 6.67. The Balaban J connectivity index is 1.47. The van der Waals surface area contributed by atoms with Crippen molar-refractivity contribution in [3.8, 4) is 0 Å². The number of aliphatic carboxylic acids is 1. The van der Waals surface area contributed by atoms with E-state index in [1.807, 2.05) is 0 Å². The maximum absolute atomic E-state index is 16.2. The first kappa shape index (κ1) is 56.2. The number of benzene rings is 3. The standard InChI is InChI=1S/C52H52Cl3NO19/c1-26-32(71-46(65)38(73-44(63)30-18-12-8-13-19-30)36(56-42(60)43(61)62)29-16-10-7-11-17-29)23-51(67)41(74-45(64)31-20-14-9-15-21-31)39-49(6,40(59)37(70-27(2)57)35(26)48(51,4)5)33(72-47(66)69-25-52(53,54)55)22-34-50(39,24-68-34)75-28(3)58/h7-21,32-34,36-39,41,67H,22-25H2,1-6H3,(H,56,60)(H,61,62)/t32-,33-,34+,36-,37+,38+,39-,41-,49+,50-,51+/m0/s1. The van der Waals surface area contributed by atoms with Gasteiger partial charge in [0.1, 0.15) is 42.7 Å². The van der Waals surface area contributed by atoms with Gasteiger partial charge in [-0.15, -0.1) is 0 Å². The summed E-state index contributed by atoms with van der Waals surface area (Å²) < 4.78 is 45.5. The highest BCUT2D eigenvalue weighted by Gasteiger charge is 2.79. The molecule has 7 rings (SSSR count). The second-order valence-electron chi connectivity index (χ2n) is 19.3. The van der Waals surface area contributed by atoms with Crippen LogP contribution in [0.3, 0.4) is 0 Å². The number of hydrogen-bond donors (Lipinski definition) is 3. The predicted molar refractivity (Wildman–Crippen MR) is 260 cm³/mol. The van der Waals surface area contributed by atoms with Crippen LogP contribution in [-0.4, -0.2) is 129 Å². The van der Waals surface area contributed by atoms with Gasteiger partial charge in [0.15, 0.2) is 17.5 Å². The van der Waals surface area contributed by atoms with Crippen molar-refractivity contribution in [2.75, 3.05) is 13.2 Å². The van der Waals surface area contributed by atoms with Gasteiger partial charge in [-0.1, -0.05) is 115 Å². The number of carbonyl (C=O) groups excluding carboxylic acids is 8. The molecule has 0 radical (unpaired) electrons. The molecule has 75 heavy (non-hydrogen) atoms. The number of carboxylic acid groups (broad SMARTS) is 1. The number of ketones is 1. The van der Waals surface area contributed by atoms with Crippen molar-refractivity contribution in [1.29, 1.82) is 0 Å². The first-order valence-electron chi connectivity index (χ1n) is 23.3. The van der Waals surface area contributed by atoms with Crippen molar-refractivity contribution in [1.82, 2.24) is 5.32 Å². The van der Waals surface area contributed by atoms with Gasteiger partial charge in [-0.2, -0.15) is 0 Å². The Kier molecular flexibility index (Phi) is 16.2. The molecule has 11 atom stereocenters. The molecule has 1 aliphatic heterocycles. The number of halogens is 3. The second kappa shape index (κ2) is 21.6. The average Bonchev–Trinajstić information content (AvgIpc) is 3.35. The predicted octanol–water partition coefficient (Wildman–Crippen LogP) is 5.90. The van der Waals surface area contributed by atoms with E-state index in [0.29, 0.717) is 0 Å². The fourth-order valence-corrected chi connectivity index (χ4v) is 11.0. The van der Waals surface area contributed by atoms with Crippen LogP contribution in [0.2, 0.25) is 0 Å². The van der Waals surface area contributed by atoms with Crippen molar-refractivity contribution in [3.05, 3.63) is 119 Å². The number of carbonyl (C=O) groups is 9. The molecule has 3 aromatic rings. The largest absolute Gasteiger partial charge is 0.508 e. The Morgan fingerprint density at radius 3 is 1.89 bits per heavy atom. The van der Waals surface area contributed by atoms with E-state index < -0.39 is 154 Å². The molecule has 1 heterocycles. The Hall–Kier alpha value is -6.58. The van der Waals surface area contributed by atoms with E-state index in [2.05, 4.69) is 5.32 Å². The Morgan fingerprint density at radius 2 is 1.37 bits per heavy atom. The monoisotopic (exact) mass is 1100 g/mol. The normalized spacial score (nSPS) is 28.3. The van der Waals surface area contributed by atoms with Crippen LogP contribution in [-0.2, 0) is 66.7 Å². The molecule has 3 aromatic carbocycles. The number of esters is 5. The highest BCUT2D eigenvalue weighted by atomic mass is 35.6. The molecule has 3 aliphatic carbocycles. The van der Waals surface area contributed by atoms with Gasteiger partial charge in [0.25, 0.3) is 0 Å². The van der Waals surface area contributed by atoms with Crippen LogP contribution in [0.25, 0.3) is 0 Å². The summed E-state index contributed by atoms with van der Waals surface area (Å²) in [5.41, 5.74) is -9.16. The van der Waals surface area contributed by atoms with Gasteiger partial charge in [0.05, 0.1) is 29.1 Å². The van der Waals surface area contributed by atoms with Crippen molar-refractivity contribution in [2.24, 2.45) is 16.7 Å². The molecule has 2 bridgehead atoms. The van der Waals surface area contributed by atoms with Crippen LogP contribution in [0.4, 0.5) is 4.79 Å². The number of Topliss-reactive ketones (excluding diaryl/α,β-unsaturated/α-hetero) is 1. The molecule has 0 unspecified atom stereocenters. The number of hydrogen-bond acceptors (Lipinski definition) is 18. The van der Waals surface area contributed by atoms with Crippen LogP contribution in [0.5, 0.6) is 0 Å². The Morgan fingerprint density at radius 1 is 0.800 bits per heavy atom. The summed E-state index contributed by atoms with van der Waals surface area (Å²) in [6.07, 6.45) is -13.7. The number of nitrogens with one attached hydrogen (secondary N) is 1. The van der Waals surface area contributed by atoms with E-state index >= 15 is 9.59 Å². The van der Waals surface area contributed by atoms with Crippen LogP contribution in [0, 0.1) is 16.7 Å². The minimum atomic E-state index is -2.65. The minimum absolute atomic E-state index is 0.0262. The zero-order valence-electron chi connectivity index (χ0n) is 41.1. The lowest BCUT2D eigenvalue weighted by atomic mass is 9.44. The Bertz CT molecular complexity index is 2790. The number of aliphatic hydroxyl groups is 1. The molecule has 1 saturated heterocycles. The third-order valence-electron chi connectivity index (χ3n) is 14.4. The minimum Gasteiger partial charge on any atom is -0.474 e. The molecule has 1 amide bonds. The van der Waals surface area contributed by atoms with Gasteiger partial charge < -0.3 is 53.4 Å². The average molecular weight is 1100 g/mol. The molecule has 23 heteroatoms. The molecular formula is C52H52Cl3NO19. The SMILES string of the molecule is CC(=O)O[C@H]1C(=O)[C@]2(C)[C@@H](OC(=O)OCC(Cl)(Cl)Cl)C[C@H]3OC[C@@]3(OC(C)=O)[C@H]2[C@H](OC(=O)c2ccccc2)[C@]2(O)C[C@H](OC(=O)[C@H](OC(=O)c3ccccc3)[C@@H](NC(=O)C(=O)O)c3ccccc3)C(C)=C1C2(C)C. The summed E-state index contributed by atoms with van der Waals surface area (Å²) in [4.78, 5) is 125. The zero-order valence-corrected chi connectivity index (χ0v) is 43.3. The number of ether oxygens (including phenoxy) is 8. The van der Waals surface area contributed by atoms with E-state index in [1.165, 1.54) is 100 Å². The summed E-state index contributed by atoms with van der Waals surface area (Å²) in [6, 6.07) is 20.5. The summed E-state index contributed by atoms with van der Waals surface area (Å²) in [7, 11) is 0. The van der Waals surface area contributed by atoms with Crippen LogP contribution in [0.1, 0.15) is 86.7 Å². The fourth-order valence-electron chi connectivity index (χ4n) is 10.9. The summed E-state index contributed by atoms with van der Waals surface area (Å²) >= 11 is 17.6. The first-order chi connectivity index (χ1) is 35.2. The zero-order chi connectivity index (χ0) is 55.0. The van der Waals surface area contributed by atoms with Gasteiger partial charge in [0, 0.05) is 32.1 Å². The smallest absolute Gasteiger partial charge is 0.474 e. The van der Waals surface area contributed by atoms with Crippen molar-refractivity contribution in [2.45, 2.75) is 112 Å². The lowest BCUT2D eigenvalue weighted by Gasteiger charge is -2.67. The third-order valence-corrected chi connectivity index (χ3v) is 14.7. The lowest BCUT2D eigenvalue weighted by molar-refractivity contribution is -0.346. The molecule has 4 aliphatic rings. The van der Waals surface area contributed by atoms with Gasteiger partial charge in [-0.25, -0.2) is 24.0 Å². The molecule has 0 aromatic heterocycles. The van der Waals surface area contributed by atoms with Crippen molar-refractivity contribution < 1.29 is 91.3 Å². The number of rotatable bonds is 13. The maximum Gasteiger partial charge on any atom is 0.508 e. The van der Waals surface area contributed by atoms with Gasteiger partial charge in [-0.3, -0.25) is 19.2 Å². The molecule has 2 saturated carbocycles. The molecule has 20 nitrogen and oxygen atoms in total. The number of alkyl halides is 3. The van der Waals surface area contributed by atoms with Gasteiger partial charge in [-0.05, 0) is 54.8 Å². The second-order valence-corrected chi connectivity index (χ2v) is 21.8. The summed E-state index contributed by atoms with van der Waals surface area (Å²) in [6.45, 7) is 6.34. The summed E-state index contributed by atoms with van der Waals surface area (Å²) in [5.74, 6) is -12.0. The van der Waals surface area contributed by atoms with E-state index in [1.54, 1.807) is 18.2 Å². The Labute approximate surface area is 444 Å². The summed E-state index contributed by atoms with van der Waals surface area (Å²) in [5, 5.41) is 26.0. The van der Waals surface area contributed by atoms with Gasteiger partial charge in [0.2, 0.25) is 9.90 Å². The van der Waals surface area contributed by atoms with E-state index in [0.717, 1.165) is 13.8 Å². The van der Waals surface area contributed by atoms with E-state index in [-0.39, 0.29) is 27.8 Å². The fraction of sp³-hybridized carbons (Fsp3) is 0.442. The number of carboxylic acids is 1. The van der Waals surface area contributed by atoms with Gasteiger partial charge >= 0.3 is 47.9 Å². The van der Waals surface area contributed by atoms with E-state index in [9.17, 15) is 43.8 Å². The first-order valence-corrected chi connectivity index (χ1v) is 24.5. The van der Waals surface area contributed by atoms with Crippen molar-refractivity contribution >= 4 is 88.5 Å². The van der Waals surface area contributed by atoms with E-state index in [4.69, 9.17) is 72.7 Å². The van der Waals surface area contributed by atoms with Crippen LogP contribution in [0.15, 0.2) is 102 Å². The molecule has 0 spiro atoms. The lowest BCUT2D eigenvalue weighted by Crippen LogP contribution is -2.82.